The number of aliphatic hydroxyl groups excluding tert-OH is 1. The minimum Gasteiger partial charge on any atom is -0.388 e. The highest BCUT2D eigenvalue weighted by Gasteiger charge is 2.31. The molecule has 1 amide bonds. The summed E-state index contributed by atoms with van der Waals surface area (Å²) < 4.78 is 5.41. The van der Waals surface area contributed by atoms with E-state index in [1.165, 1.54) is 5.56 Å². The maximum absolute atomic E-state index is 13.1. The molecule has 1 aromatic heterocycles. The van der Waals surface area contributed by atoms with Crippen molar-refractivity contribution in [3.8, 4) is 11.3 Å². The molecule has 27 heavy (non-hydrogen) atoms. The third kappa shape index (κ3) is 3.36. The highest BCUT2D eigenvalue weighted by atomic mass is 35.5. The Balaban J connectivity index is 1.68. The largest absolute Gasteiger partial charge is 0.388 e. The molecular formula is C21H19ClN2O3. The Labute approximate surface area is 162 Å². The lowest BCUT2D eigenvalue weighted by atomic mass is 9.98. The zero-order valence-electron chi connectivity index (χ0n) is 14.9. The fraction of sp³-hybridized carbons (Fsp3) is 0.238. The summed E-state index contributed by atoms with van der Waals surface area (Å²) in [4.78, 5) is 14.8. The number of hydrogen-bond donors (Lipinski definition) is 1. The van der Waals surface area contributed by atoms with Crippen LogP contribution in [0.3, 0.4) is 0 Å². The summed E-state index contributed by atoms with van der Waals surface area (Å²) in [6, 6.07) is 15.2. The molecule has 0 saturated heterocycles. The number of aromatic nitrogens is 1. The van der Waals surface area contributed by atoms with Gasteiger partial charge >= 0.3 is 0 Å². The minimum absolute atomic E-state index is 0.0920. The first-order valence-corrected chi connectivity index (χ1v) is 9.22. The van der Waals surface area contributed by atoms with Gasteiger partial charge in [0.2, 0.25) is 5.76 Å². The van der Waals surface area contributed by atoms with Crippen molar-refractivity contribution >= 4 is 17.5 Å². The fourth-order valence-electron chi connectivity index (χ4n) is 3.47. The van der Waals surface area contributed by atoms with Crippen molar-refractivity contribution in [3.05, 3.63) is 76.0 Å². The Morgan fingerprint density at radius 1 is 1.19 bits per heavy atom. The van der Waals surface area contributed by atoms with Gasteiger partial charge < -0.3 is 14.5 Å². The van der Waals surface area contributed by atoms with Gasteiger partial charge in [0.15, 0.2) is 0 Å². The van der Waals surface area contributed by atoms with Crippen LogP contribution in [0.15, 0.2) is 53.1 Å². The van der Waals surface area contributed by atoms with Gasteiger partial charge in [0.1, 0.15) is 5.69 Å². The van der Waals surface area contributed by atoms with E-state index in [2.05, 4.69) is 11.2 Å². The van der Waals surface area contributed by atoms with Crippen LogP contribution in [-0.4, -0.2) is 27.6 Å². The van der Waals surface area contributed by atoms with Crippen molar-refractivity contribution in [1.29, 1.82) is 0 Å². The fourth-order valence-corrected chi connectivity index (χ4v) is 3.59. The number of nitrogens with zero attached hydrogens (tertiary/aromatic N) is 2. The Morgan fingerprint density at radius 2 is 1.89 bits per heavy atom. The van der Waals surface area contributed by atoms with Gasteiger partial charge in [0.25, 0.3) is 5.91 Å². The number of carbonyl (C=O) groups excluding carboxylic acids is 1. The summed E-state index contributed by atoms with van der Waals surface area (Å²) >= 11 is 5.95. The van der Waals surface area contributed by atoms with Crippen LogP contribution in [0.2, 0.25) is 5.02 Å². The van der Waals surface area contributed by atoms with Gasteiger partial charge in [-0.15, -0.1) is 0 Å². The Morgan fingerprint density at radius 3 is 2.59 bits per heavy atom. The molecule has 0 aliphatic carbocycles. The van der Waals surface area contributed by atoms with Gasteiger partial charge in [-0.2, -0.15) is 0 Å². The molecular weight excluding hydrogens is 364 g/mol. The number of benzene rings is 2. The molecule has 1 unspecified atom stereocenters. The van der Waals surface area contributed by atoms with Gasteiger partial charge in [-0.3, -0.25) is 4.79 Å². The predicted molar refractivity (Wildman–Crippen MR) is 102 cm³/mol. The first kappa shape index (κ1) is 17.8. The van der Waals surface area contributed by atoms with Crippen molar-refractivity contribution in [3.63, 3.8) is 0 Å². The molecule has 0 fully saturated rings. The van der Waals surface area contributed by atoms with Crippen LogP contribution in [0.5, 0.6) is 0 Å². The molecule has 1 aliphatic heterocycles. The smallest absolute Gasteiger partial charge is 0.293 e. The lowest BCUT2D eigenvalue weighted by Gasteiger charge is -2.28. The second-order valence-corrected chi connectivity index (χ2v) is 7.14. The third-order valence-corrected chi connectivity index (χ3v) is 5.13. The summed E-state index contributed by atoms with van der Waals surface area (Å²) in [5, 5.41) is 15.0. The highest BCUT2D eigenvalue weighted by Crippen LogP contribution is 2.32. The number of rotatable bonds is 3. The molecule has 2 heterocycles. The monoisotopic (exact) mass is 382 g/mol. The molecule has 138 valence electrons. The Kier molecular flexibility index (Phi) is 4.72. The van der Waals surface area contributed by atoms with Gasteiger partial charge in [-0.05, 0) is 36.6 Å². The van der Waals surface area contributed by atoms with Crippen molar-refractivity contribution in [2.45, 2.75) is 26.0 Å². The van der Waals surface area contributed by atoms with E-state index in [0.29, 0.717) is 29.4 Å². The Bertz CT molecular complexity index is 979. The molecule has 0 saturated carbocycles. The van der Waals surface area contributed by atoms with E-state index in [1.54, 1.807) is 36.1 Å². The summed E-state index contributed by atoms with van der Waals surface area (Å²) in [7, 11) is 0. The predicted octanol–water partition coefficient (Wildman–Crippen LogP) is 4.25. The average molecular weight is 383 g/mol. The van der Waals surface area contributed by atoms with Crippen LogP contribution in [0.4, 0.5) is 0 Å². The SMILES string of the molecule is CC(O)c1c(-c2ccc(Cl)cc2)noc1C(=O)N1CCc2ccccc2C1. The van der Waals surface area contributed by atoms with E-state index in [-0.39, 0.29) is 11.7 Å². The van der Waals surface area contributed by atoms with Gasteiger partial charge in [0, 0.05) is 23.7 Å². The number of hydrogen-bond acceptors (Lipinski definition) is 4. The van der Waals surface area contributed by atoms with E-state index in [0.717, 1.165) is 17.5 Å². The lowest BCUT2D eigenvalue weighted by Crippen LogP contribution is -2.36. The lowest BCUT2D eigenvalue weighted by molar-refractivity contribution is 0.0684. The van der Waals surface area contributed by atoms with Gasteiger partial charge in [-0.25, -0.2) is 0 Å². The molecule has 2 aromatic carbocycles. The normalized spacial score (nSPS) is 14.7. The van der Waals surface area contributed by atoms with Crippen molar-refractivity contribution in [2.75, 3.05) is 6.54 Å². The molecule has 3 aromatic rings. The Hall–Kier alpha value is -2.63. The topological polar surface area (TPSA) is 66.6 Å². The second kappa shape index (κ2) is 7.18. The van der Waals surface area contributed by atoms with Crippen LogP contribution in [-0.2, 0) is 13.0 Å². The third-order valence-electron chi connectivity index (χ3n) is 4.88. The molecule has 1 aliphatic rings. The van der Waals surface area contributed by atoms with Gasteiger partial charge in [0.05, 0.1) is 11.7 Å². The van der Waals surface area contributed by atoms with Crippen LogP contribution >= 0.6 is 11.6 Å². The number of carbonyl (C=O) groups is 1. The second-order valence-electron chi connectivity index (χ2n) is 6.70. The molecule has 1 atom stereocenters. The highest BCUT2D eigenvalue weighted by molar-refractivity contribution is 6.30. The van der Waals surface area contributed by atoms with E-state index >= 15 is 0 Å². The average Bonchev–Trinajstić information content (AvgIpc) is 3.13. The zero-order chi connectivity index (χ0) is 19.0. The summed E-state index contributed by atoms with van der Waals surface area (Å²) in [5.74, 6) is -0.164. The molecule has 4 rings (SSSR count). The van der Waals surface area contributed by atoms with Crippen LogP contribution in [0.1, 0.15) is 40.3 Å². The van der Waals surface area contributed by atoms with E-state index in [1.807, 2.05) is 18.2 Å². The quantitative estimate of drug-likeness (QED) is 0.735. The van der Waals surface area contributed by atoms with Crippen molar-refractivity contribution < 1.29 is 14.4 Å². The van der Waals surface area contributed by atoms with Crippen molar-refractivity contribution in [2.24, 2.45) is 0 Å². The molecule has 5 nitrogen and oxygen atoms in total. The number of fused-ring (bicyclic) bond motifs is 1. The van der Waals surface area contributed by atoms with E-state index < -0.39 is 6.10 Å². The molecule has 0 radical (unpaired) electrons. The van der Waals surface area contributed by atoms with Crippen molar-refractivity contribution in [1.82, 2.24) is 10.1 Å². The first-order chi connectivity index (χ1) is 13.0. The van der Waals surface area contributed by atoms with Gasteiger partial charge in [-0.1, -0.05) is 53.2 Å². The molecule has 6 heteroatoms. The number of amides is 1. The number of aliphatic hydroxyl groups is 1. The summed E-state index contributed by atoms with van der Waals surface area (Å²) in [5.41, 5.74) is 4.00. The van der Waals surface area contributed by atoms with Crippen LogP contribution in [0.25, 0.3) is 11.3 Å². The summed E-state index contributed by atoms with van der Waals surface area (Å²) in [6.45, 7) is 2.73. The minimum atomic E-state index is -0.891. The van der Waals surface area contributed by atoms with E-state index in [9.17, 15) is 9.90 Å². The molecule has 1 N–H and O–H groups in total. The van der Waals surface area contributed by atoms with Crippen LogP contribution in [0, 0.1) is 0 Å². The standard InChI is InChI=1S/C21H19ClN2O3/c1-13(25)18-19(15-6-8-17(22)9-7-15)23-27-20(18)21(26)24-11-10-14-4-2-3-5-16(14)12-24/h2-9,13,25H,10-12H2,1H3. The maximum atomic E-state index is 13.1. The molecule has 0 bridgehead atoms. The maximum Gasteiger partial charge on any atom is 0.293 e. The zero-order valence-corrected chi connectivity index (χ0v) is 15.6. The van der Waals surface area contributed by atoms with Crippen LogP contribution < -0.4 is 0 Å². The number of halogens is 1. The summed E-state index contributed by atoms with van der Waals surface area (Å²) in [6.07, 6.45) is -0.0950. The van der Waals surface area contributed by atoms with E-state index in [4.69, 9.17) is 16.1 Å². The first-order valence-electron chi connectivity index (χ1n) is 8.84. The molecule has 0 spiro atoms.